The molecule has 0 aliphatic carbocycles. The van der Waals surface area contributed by atoms with Crippen molar-refractivity contribution in [3.05, 3.63) is 35.6 Å². The smallest absolute Gasteiger partial charge is 0.191 e. The van der Waals surface area contributed by atoms with E-state index in [2.05, 4.69) is 22.5 Å². The highest BCUT2D eigenvalue weighted by molar-refractivity contribution is 5.79. The van der Waals surface area contributed by atoms with Crippen LogP contribution in [0.1, 0.15) is 19.4 Å². The molecule has 0 bridgehead atoms. The number of nitrogens with one attached hydrogen (secondary N) is 2. The van der Waals surface area contributed by atoms with Gasteiger partial charge in [0.1, 0.15) is 5.82 Å². The van der Waals surface area contributed by atoms with Gasteiger partial charge >= 0.3 is 0 Å². The third-order valence-corrected chi connectivity index (χ3v) is 3.51. The number of hydrogen-bond acceptors (Lipinski definition) is 2. The van der Waals surface area contributed by atoms with E-state index in [0.717, 1.165) is 37.8 Å². The standard InChI is InChI=1S/C16H24FN3O/c1-3-18-15(20-10-16(2)11-21-12-16)19-9-8-13-6-4-5-7-14(13)17/h4-7H,3,8-12H2,1-2H3,(H2,18,19,20). The Kier molecular flexibility index (Phi) is 5.56. The summed E-state index contributed by atoms with van der Waals surface area (Å²) in [6.07, 6.45) is 0.636. The molecule has 1 saturated heterocycles. The van der Waals surface area contributed by atoms with Crippen molar-refractivity contribution >= 4 is 5.96 Å². The highest BCUT2D eigenvalue weighted by Gasteiger charge is 2.33. The summed E-state index contributed by atoms with van der Waals surface area (Å²) in [6.45, 7) is 7.93. The van der Waals surface area contributed by atoms with E-state index in [0.29, 0.717) is 13.0 Å². The minimum absolute atomic E-state index is 0.152. The second-order valence-corrected chi connectivity index (χ2v) is 5.77. The zero-order chi connectivity index (χ0) is 15.1. The van der Waals surface area contributed by atoms with Crippen LogP contribution >= 0.6 is 0 Å². The first-order chi connectivity index (χ1) is 10.1. The van der Waals surface area contributed by atoms with E-state index in [-0.39, 0.29) is 11.2 Å². The molecular formula is C16H24FN3O. The fraction of sp³-hybridized carbons (Fsp3) is 0.562. The van der Waals surface area contributed by atoms with Crippen LogP contribution in [0.3, 0.4) is 0 Å². The number of ether oxygens (including phenoxy) is 1. The van der Waals surface area contributed by atoms with E-state index < -0.39 is 0 Å². The van der Waals surface area contributed by atoms with Crippen molar-refractivity contribution in [1.82, 2.24) is 10.6 Å². The molecule has 1 aromatic rings. The van der Waals surface area contributed by atoms with Crippen molar-refractivity contribution in [2.75, 3.05) is 32.8 Å². The van der Waals surface area contributed by atoms with Gasteiger partial charge in [-0.2, -0.15) is 0 Å². The highest BCUT2D eigenvalue weighted by atomic mass is 19.1. The number of aliphatic imine (C=N–C) groups is 1. The number of nitrogens with zero attached hydrogens (tertiary/aromatic N) is 1. The highest BCUT2D eigenvalue weighted by Crippen LogP contribution is 2.26. The van der Waals surface area contributed by atoms with Crippen LogP contribution in [0.5, 0.6) is 0 Å². The lowest BCUT2D eigenvalue weighted by molar-refractivity contribution is -0.0945. The third-order valence-electron chi connectivity index (χ3n) is 3.51. The molecule has 0 aromatic heterocycles. The third kappa shape index (κ3) is 4.70. The molecule has 5 heteroatoms. The fourth-order valence-corrected chi connectivity index (χ4v) is 2.17. The number of halogens is 1. The van der Waals surface area contributed by atoms with Crippen LogP contribution in [0.4, 0.5) is 4.39 Å². The van der Waals surface area contributed by atoms with Crippen LogP contribution in [-0.4, -0.2) is 38.8 Å². The Morgan fingerprint density at radius 2 is 2.10 bits per heavy atom. The van der Waals surface area contributed by atoms with Gasteiger partial charge in [0.25, 0.3) is 0 Å². The number of hydrogen-bond donors (Lipinski definition) is 2. The molecule has 1 fully saturated rings. The summed E-state index contributed by atoms with van der Waals surface area (Å²) in [5, 5.41) is 6.46. The largest absolute Gasteiger partial charge is 0.380 e. The van der Waals surface area contributed by atoms with E-state index in [1.807, 2.05) is 19.1 Å². The summed E-state index contributed by atoms with van der Waals surface area (Å²) in [4.78, 5) is 4.58. The summed E-state index contributed by atoms with van der Waals surface area (Å²) in [6, 6.07) is 6.87. The molecule has 116 valence electrons. The van der Waals surface area contributed by atoms with Gasteiger partial charge in [0.05, 0.1) is 19.8 Å². The molecule has 1 aliphatic rings. The molecule has 1 aromatic carbocycles. The molecule has 4 nitrogen and oxygen atoms in total. The molecule has 21 heavy (non-hydrogen) atoms. The van der Waals surface area contributed by atoms with Gasteiger partial charge in [0.15, 0.2) is 5.96 Å². The van der Waals surface area contributed by atoms with Crippen molar-refractivity contribution < 1.29 is 9.13 Å². The molecule has 2 rings (SSSR count). The summed E-state index contributed by atoms with van der Waals surface area (Å²) < 4.78 is 18.8. The van der Waals surface area contributed by atoms with Gasteiger partial charge in [-0.15, -0.1) is 0 Å². The van der Waals surface area contributed by atoms with Gasteiger partial charge in [-0.25, -0.2) is 4.39 Å². The van der Waals surface area contributed by atoms with Crippen LogP contribution in [0.2, 0.25) is 0 Å². The van der Waals surface area contributed by atoms with Crippen LogP contribution in [0, 0.1) is 11.2 Å². The Morgan fingerprint density at radius 1 is 1.33 bits per heavy atom. The summed E-state index contributed by atoms with van der Waals surface area (Å²) >= 11 is 0. The Balaban J connectivity index is 1.82. The fourth-order valence-electron chi connectivity index (χ4n) is 2.17. The van der Waals surface area contributed by atoms with Crippen LogP contribution in [0.15, 0.2) is 29.3 Å². The molecule has 0 unspecified atom stereocenters. The zero-order valence-electron chi connectivity index (χ0n) is 12.8. The zero-order valence-corrected chi connectivity index (χ0v) is 12.8. The first-order valence-corrected chi connectivity index (χ1v) is 7.46. The maximum atomic E-state index is 13.5. The van der Waals surface area contributed by atoms with Crippen molar-refractivity contribution in [3.8, 4) is 0 Å². The first-order valence-electron chi connectivity index (χ1n) is 7.46. The summed E-state index contributed by atoms with van der Waals surface area (Å²) in [5.74, 6) is 0.627. The number of benzene rings is 1. The maximum absolute atomic E-state index is 13.5. The average Bonchev–Trinajstić information content (AvgIpc) is 2.45. The van der Waals surface area contributed by atoms with Gasteiger partial charge in [-0.05, 0) is 25.0 Å². The molecular weight excluding hydrogens is 269 g/mol. The van der Waals surface area contributed by atoms with Gasteiger partial charge in [-0.3, -0.25) is 4.99 Å². The molecule has 0 saturated carbocycles. The molecule has 1 aliphatic heterocycles. The van der Waals surface area contributed by atoms with Crippen LogP contribution < -0.4 is 10.6 Å². The Morgan fingerprint density at radius 3 is 2.71 bits per heavy atom. The Bertz CT molecular complexity index is 486. The maximum Gasteiger partial charge on any atom is 0.191 e. The second-order valence-electron chi connectivity index (χ2n) is 5.77. The second kappa shape index (κ2) is 7.41. The molecule has 0 amide bonds. The Labute approximate surface area is 125 Å². The minimum Gasteiger partial charge on any atom is -0.380 e. The minimum atomic E-state index is -0.152. The van der Waals surface area contributed by atoms with Gasteiger partial charge < -0.3 is 15.4 Å². The molecule has 2 N–H and O–H groups in total. The average molecular weight is 293 g/mol. The van der Waals surface area contributed by atoms with Crippen molar-refractivity contribution in [2.45, 2.75) is 20.3 Å². The SMILES string of the molecule is CCNC(=NCC1(C)COC1)NCCc1ccccc1F. The predicted molar refractivity (Wildman–Crippen MR) is 83.0 cm³/mol. The summed E-state index contributed by atoms with van der Waals surface area (Å²) in [7, 11) is 0. The van der Waals surface area contributed by atoms with Crippen molar-refractivity contribution in [1.29, 1.82) is 0 Å². The number of guanidine groups is 1. The first kappa shape index (κ1) is 15.8. The normalized spacial score (nSPS) is 17.2. The van der Waals surface area contributed by atoms with E-state index in [1.165, 1.54) is 6.07 Å². The molecule has 0 radical (unpaired) electrons. The molecule has 0 atom stereocenters. The monoisotopic (exact) mass is 293 g/mol. The van der Waals surface area contributed by atoms with E-state index in [9.17, 15) is 4.39 Å². The van der Waals surface area contributed by atoms with Crippen LogP contribution in [0.25, 0.3) is 0 Å². The molecule has 1 heterocycles. The topological polar surface area (TPSA) is 45.7 Å². The van der Waals surface area contributed by atoms with Gasteiger partial charge in [0.2, 0.25) is 0 Å². The predicted octanol–water partition coefficient (Wildman–Crippen LogP) is 1.96. The Hall–Kier alpha value is -1.62. The quantitative estimate of drug-likeness (QED) is 0.622. The molecule has 0 spiro atoms. The van der Waals surface area contributed by atoms with Gasteiger partial charge in [0, 0.05) is 18.5 Å². The lowest BCUT2D eigenvalue weighted by atomic mass is 9.89. The van der Waals surface area contributed by atoms with Crippen molar-refractivity contribution in [3.63, 3.8) is 0 Å². The van der Waals surface area contributed by atoms with Gasteiger partial charge in [-0.1, -0.05) is 25.1 Å². The number of rotatable bonds is 6. The lowest BCUT2D eigenvalue weighted by Crippen LogP contribution is -2.44. The lowest BCUT2D eigenvalue weighted by Gasteiger charge is -2.36. The van der Waals surface area contributed by atoms with Crippen molar-refractivity contribution in [2.24, 2.45) is 10.4 Å². The van der Waals surface area contributed by atoms with E-state index >= 15 is 0 Å². The van der Waals surface area contributed by atoms with E-state index in [4.69, 9.17) is 4.74 Å². The van der Waals surface area contributed by atoms with Crippen LogP contribution in [-0.2, 0) is 11.2 Å². The van der Waals surface area contributed by atoms with E-state index in [1.54, 1.807) is 6.07 Å². The summed E-state index contributed by atoms with van der Waals surface area (Å²) in [5.41, 5.74) is 0.883.